The van der Waals surface area contributed by atoms with Gasteiger partial charge < -0.3 is 4.57 Å². The molecule has 8 heteroatoms. The quantitative estimate of drug-likeness (QED) is 0.457. The number of fused-ring (bicyclic) bond motifs is 1. The maximum atomic E-state index is 12.9. The van der Waals surface area contributed by atoms with Crippen molar-refractivity contribution >= 4 is 23.1 Å². The molecule has 0 N–H and O–H groups in total. The predicted octanol–water partition coefficient (Wildman–Crippen LogP) is 6.22. The average Bonchev–Trinajstić information content (AvgIpc) is 3.29. The Bertz CT molecular complexity index is 975. The van der Waals surface area contributed by atoms with E-state index in [1.165, 1.54) is 52.7 Å². The summed E-state index contributed by atoms with van der Waals surface area (Å²) in [5.74, 6) is 1.29. The molecule has 0 aliphatic heterocycles. The lowest BCUT2D eigenvalue weighted by molar-refractivity contribution is -0.137. The first-order chi connectivity index (χ1) is 13.5. The van der Waals surface area contributed by atoms with Crippen LogP contribution in [0, 0.1) is 0 Å². The SMILES string of the molecule is CCn1c(SCc2cccc(C(F)(F)F)c2)nnc1-c1csc2c1CCCC2. The average molecular weight is 424 g/mol. The normalized spacial score (nSPS) is 14.3. The number of halogens is 3. The molecule has 0 saturated heterocycles. The molecule has 148 valence electrons. The van der Waals surface area contributed by atoms with Crippen LogP contribution in [0.3, 0.4) is 0 Å². The van der Waals surface area contributed by atoms with Crippen LogP contribution in [-0.2, 0) is 31.3 Å². The van der Waals surface area contributed by atoms with Crippen LogP contribution in [0.15, 0.2) is 34.8 Å². The highest BCUT2D eigenvalue weighted by molar-refractivity contribution is 7.98. The number of nitrogens with zero attached hydrogens (tertiary/aromatic N) is 3. The Labute approximate surface area is 170 Å². The van der Waals surface area contributed by atoms with Gasteiger partial charge in [0.1, 0.15) is 0 Å². The van der Waals surface area contributed by atoms with Crippen molar-refractivity contribution in [2.75, 3.05) is 0 Å². The third-order valence-electron chi connectivity index (χ3n) is 4.96. The molecule has 1 aromatic carbocycles. The van der Waals surface area contributed by atoms with Gasteiger partial charge in [-0.3, -0.25) is 0 Å². The lowest BCUT2D eigenvalue weighted by Gasteiger charge is -2.13. The highest BCUT2D eigenvalue weighted by Gasteiger charge is 2.30. The smallest absolute Gasteiger partial charge is 0.302 e. The van der Waals surface area contributed by atoms with E-state index in [1.54, 1.807) is 17.4 Å². The topological polar surface area (TPSA) is 30.7 Å². The zero-order valence-corrected chi connectivity index (χ0v) is 17.1. The van der Waals surface area contributed by atoms with Gasteiger partial charge >= 0.3 is 6.18 Å². The number of alkyl halides is 3. The fourth-order valence-corrected chi connectivity index (χ4v) is 5.62. The number of thioether (sulfide) groups is 1. The number of hydrogen-bond donors (Lipinski definition) is 0. The minimum atomic E-state index is -4.32. The fourth-order valence-electron chi connectivity index (χ4n) is 3.55. The van der Waals surface area contributed by atoms with Crippen molar-refractivity contribution < 1.29 is 13.2 Å². The molecule has 3 aromatic rings. The van der Waals surface area contributed by atoms with Gasteiger partial charge in [0, 0.05) is 28.1 Å². The summed E-state index contributed by atoms with van der Waals surface area (Å²) in [6.45, 7) is 2.76. The van der Waals surface area contributed by atoms with Gasteiger partial charge in [0.15, 0.2) is 11.0 Å². The van der Waals surface area contributed by atoms with E-state index in [2.05, 4.69) is 20.1 Å². The monoisotopic (exact) mass is 423 g/mol. The van der Waals surface area contributed by atoms with E-state index in [0.29, 0.717) is 11.3 Å². The Kier molecular flexibility index (Phi) is 5.51. The summed E-state index contributed by atoms with van der Waals surface area (Å²) >= 11 is 3.22. The summed E-state index contributed by atoms with van der Waals surface area (Å²) < 4.78 is 40.8. The van der Waals surface area contributed by atoms with Crippen molar-refractivity contribution in [2.45, 2.75) is 56.2 Å². The van der Waals surface area contributed by atoms with Gasteiger partial charge in [0.05, 0.1) is 5.56 Å². The molecule has 0 bridgehead atoms. The second-order valence-electron chi connectivity index (χ2n) is 6.80. The first-order valence-electron chi connectivity index (χ1n) is 9.29. The van der Waals surface area contributed by atoms with Gasteiger partial charge in [-0.25, -0.2) is 0 Å². The van der Waals surface area contributed by atoms with E-state index in [-0.39, 0.29) is 0 Å². The molecule has 0 radical (unpaired) electrons. The van der Waals surface area contributed by atoms with Crippen LogP contribution < -0.4 is 0 Å². The van der Waals surface area contributed by atoms with Crippen molar-refractivity contribution in [3.05, 3.63) is 51.2 Å². The Hall–Kier alpha value is -1.80. The third-order valence-corrected chi connectivity index (χ3v) is 7.08. The first kappa shape index (κ1) is 19.5. The first-order valence-corrected chi connectivity index (χ1v) is 11.2. The van der Waals surface area contributed by atoms with Gasteiger partial charge in [-0.1, -0.05) is 30.0 Å². The summed E-state index contributed by atoms with van der Waals surface area (Å²) in [5, 5.41) is 11.7. The molecule has 0 atom stereocenters. The molecular formula is C20H20F3N3S2. The summed E-state index contributed by atoms with van der Waals surface area (Å²) in [6, 6.07) is 5.47. The van der Waals surface area contributed by atoms with Gasteiger partial charge in [-0.15, -0.1) is 21.5 Å². The second-order valence-corrected chi connectivity index (χ2v) is 8.70. The van der Waals surface area contributed by atoms with Crippen molar-refractivity contribution in [3.8, 4) is 11.4 Å². The number of rotatable bonds is 5. The molecule has 0 unspecified atom stereocenters. The highest BCUT2D eigenvalue weighted by Crippen LogP contribution is 2.37. The van der Waals surface area contributed by atoms with E-state index < -0.39 is 11.7 Å². The van der Waals surface area contributed by atoms with E-state index in [0.717, 1.165) is 36.4 Å². The van der Waals surface area contributed by atoms with Crippen LogP contribution in [0.5, 0.6) is 0 Å². The molecule has 0 spiro atoms. The van der Waals surface area contributed by atoms with Crippen molar-refractivity contribution in [1.82, 2.24) is 14.8 Å². The molecule has 4 rings (SSSR count). The molecule has 0 fully saturated rings. The molecule has 28 heavy (non-hydrogen) atoms. The maximum Gasteiger partial charge on any atom is 0.416 e. The lowest BCUT2D eigenvalue weighted by Crippen LogP contribution is -2.05. The zero-order valence-electron chi connectivity index (χ0n) is 15.4. The Morgan fingerprint density at radius 2 is 2.00 bits per heavy atom. The number of thiophene rings is 1. The molecular weight excluding hydrogens is 403 g/mol. The van der Waals surface area contributed by atoms with Gasteiger partial charge in [-0.05, 0) is 49.8 Å². The molecule has 0 saturated carbocycles. The molecule has 1 aliphatic rings. The van der Waals surface area contributed by atoms with Crippen LogP contribution in [0.2, 0.25) is 0 Å². The van der Waals surface area contributed by atoms with E-state index in [1.807, 2.05) is 6.92 Å². The zero-order chi connectivity index (χ0) is 19.7. The largest absolute Gasteiger partial charge is 0.416 e. The Morgan fingerprint density at radius 3 is 2.79 bits per heavy atom. The van der Waals surface area contributed by atoms with E-state index >= 15 is 0 Å². The van der Waals surface area contributed by atoms with Gasteiger partial charge in [-0.2, -0.15) is 13.2 Å². The number of benzene rings is 1. The maximum absolute atomic E-state index is 12.9. The van der Waals surface area contributed by atoms with Crippen molar-refractivity contribution in [2.24, 2.45) is 0 Å². The predicted molar refractivity (Wildman–Crippen MR) is 107 cm³/mol. The van der Waals surface area contributed by atoms with Gasteiger partial charge in [0.25, 0.3) is 0 Å². The van der Waals surface area contributed by atoms with Crippen LogP contribution in [-0.4, -0.2) is 14.8 Å². The highest BCUT2D eigenvalue weighted by atomic mass is 32.2. The molecule has 3 nitrogen and oxygen atoms in total. The standard InChI is InChI=1S/C20H20F3N3S2/c1-2-26-18(16-12-27-17-9-4-3-8-15(16)17)24-25-19(26)28-11-13-6-5-7-14(10-13)20(21,22)23/h5-7,10,12H,2-4,8-9,11H2,1H3. The summed E-state index contributed by atoms with van der Waals surface area (Å²) in [6.07, 6.45) is 0.337. The molecule has 2 aromatic heterocycles. The second kappa shape index (κ2) is 7.91. The van der Waals surface area contributed by atoms with Crippen LogP contribution in [0.4, 0.5) is 13.2 Å². The van der Waals surface area contributed by atoms with E-state index in [9.17, 15) is 13.2 Å². The summed E-state index contributed by atoms with van der Waals surface area (Å²) in [7, 11) is 0. The van der Waals surface area contributed by atoms with Crippen molar-refractivity contribution in [3.63, 3.8) is 0 Å². The van der Waals surface area contributed by atoms with E-state index in [4.69, 9.17) is 0 Å². The minimum absolute atomic E-state index is 0.420. The molecule has 2 heterocycles. The van der Waals surface area contributed by atoms with Crippen LogP contribution in [0.1, 0.15) is 41.3 Å². The number of aryl methyl sites for hydroxylation is 1. The Balaban J connectivity index is 1.57. The third kappa shape index (κ3) is 3.85. The summed E-state index contributed by atoms with van der Waals surface area (Å²) in [5.41, 5.74) is 2.57. The Morgan fingerprint density at radius 1 is 1.18 bits per heavy atom. The number of aromatic nitrogens is 3. The van der Waals surface area contributed by atoms with Crippen molar-refractivity contribution in [1.29, 1.82) is 0 Å². The molecule has 1 aliphatic carbocycles. The van der Waals surface area contributed by atoms with Gasteiger partial charge in [0.2, 0.25) is 0 Å². The number of hydrogen-bond acceptors (Lipinski definition) is 4. The summed E-state index contributed by atoms with van der Waals surface area (Å²) in [4.78, 5) is 1.45. The minimum Gasteiger partial charge on any atom is -0.302 e. The molecule has 0 amide bonds. The fraction of sp³-hybridized carbons (Fsp3) is 0.400. The van der Waals surface area contributed by atoms with Crippen LogP contribution in [0.25, 0.3) is 11.4 Å². The lowest BCUT2D eigenvalue weighted by atomic mass is 9.96. The van der Waals surface area contributed by atoms with Crippen LogP contribution >= 0.6 is 23.1 Å².